The Hall–Kier alpha value is -3.99. The highest BCUT2D eigenvalue weighted by atomic mass is 16.4. The zero-order valence-electron chi connectivity index (χ0n) is 31.1. The number of aliphatic carboxylic acids is 1. The van der Waals surface area contributed by atoms with E-state index in [1.165, 1.54) is 13.8 Å². The topological polar surface area (TPSA) is 358 Å². The highest BCUT2D eigenvalue weighted by Crippen LogP contribution is 2.09. The fraction of sp³-hybridized carbons (Fsp3) is 0.774. The summed E-state index contributed by atoms with van der Waals surface area (Å²) in [5.74, 6) is -6.56. The van der Waals surface area contributed by atoms with Gasteiger partial charge in [-0.25, -0.2) is 4.79 Å². The maximum Gasteiger partial charge on any atom is 0.328 e. The minimum Gasteiger partial charge on any atom is -0.480 e. The number of nitrogens with one attached hydrogen (secondary N) is 6. The molecule has 0 saturated heterocycles. The van der Waals surface area contributed by atoms with Crippen LogP contribution >= 0.6 is 0 Å². The third kappa shape index (κ3) is 20.2. The number of primary amides is 1. The molecule has 18 N–H and O–H groups in total. The van der Waals surface area contributed by atoms with Crippen LogP contribution in [0.4, 0.5) is 0 Å². The zero-order valence-corrected chi connectivity index (χ0v) is 31.1. The predicted octanol–water partition coefficient (Wildman–Crippen LogP) is -6.40. The summed E-state index contributed by atoms with van der Waals surface area (Å²) < 4.78 is 0.613. The van der Waals surface area contributed by atoms with Crippen molar-refractivity contribution in [2.75, 3.05) is 34.2 Å². The Kier molecular flexibility index (Phi) is 21.7. The van der Waals surface area contributed by atoms with Crippen LogP contribution < -0.4 is 54.8 Å². The largest absolute Gasteiger partial charge is 0.480 e. The third-order valence-electron chi connectivity index (χ3n) is 7.76. The molecule has 0 unspecified atom stereocenters. The molecule has 0 fully saturated rings. The van der Waals surface area contributed by atoms with Crippen molar-refractivity contribution >= 4 is 41.4 Å². The minimum atomic E-state index is -1.73. The average molecular weight is 750 g/mol. The highest BCUT2D eigenvalue weighted by molar-refractivity contribution is 5.96. The number of carboxylic acids is 1. The first-order chi connectivity index (χ1) is 24.0. The van der Waals surface area contributed by atoms with Gasteiger partial charge < -0.3 is 69.3 Å². The number of amides is 6. The molecule has 52 heavy (non-hydrogen) atoms. The number of quaternary nitrogens is 2. The molecule has 0 spiro atoms. The van der Waals surface area contributed by atoms with Crippen LogP contribution in [0.5, 0.6) is 0 Å². The van der Waals surface area contributed by atoms with Gasteiger partial charge in [0.05, 0.1) is 39.9 Å². The van der Waals surface area contributed by atoms with Crippen molar-refractivity contribution in [3.05, 3.63) is 0 Å². The summed E-state index contributed by atoms with van der Waals surface area (Å²) in [6.45, 7) is 4.92. The summed E-state index contributed by atoms with van der Waals surface area (Å²) in [4.78, 5) is 89.3. The third-order valence-corrected chi connectivity index (χ3v) is 7.76. The van der Waals surface area contributed by atoms with Crippen LogP contribution in [-0.2, 0) is 33.6 Å². The first-order valence-electron chi connectivity index (χ1n) is 17.2. The van der Waals surface area contributed by atoms with Crippen LogP contribution in [0.3, 0.4) is 0 Å². The number of nitrogens with zero attached hydrogens (tertiary/aromatic N) is 1. The molecule has 0 aromatic heterocycles. The molecule has 0 heterocycles. The standard InChI is InChI=1S/C31H61N11O10/c1-16(32)25(46)37-20(11-9-14-36-31(34)35)27(48)40-23(17(2)43)29(50)39-19(10-7-8-15-42(4,5)6)26(47)38-21(12-13-22(33)45)28(49)41-24(18(3)44)30(51)52/h16-21,23-24,31,36,43-44H,7-15,32,34-35H2,1-6H3,(H7-,33,37,38,39,40,41,45,46,47,48,49,50,51,52)/p+2/t16-,17+,18+,19-,20-,21-,23-,24-/m0/s1. The summed E-state index contributed by atoms with van der Waals surface area (Å²) in [6.07, 6.45) is -2.98. The molecule has 0 radical (unpaired) electrons. The lowest BCUT2D eigenvalue weighted by Crippen LogP contribution is -2.68. The fourth-order valence-electron chi connectivity index (χ4n) is 4.75. The Bertz CT molecular complexity index is 1190. The number of unbranched alkanes of at least 4 members (excludes halogenated alkanes) is 1. The van der Waals surface area contributed by atoms with E-state index in [2.05, 4.69) is 37.6 Å². The maximum atomic E-state index is 13.7. The number of carbonyl (C=O) groups excluding carboxylic acids is 6. The molecule has 21 nitrogen and oxygen atoms in total. The quantitative estimate of drug-likeness (QED) is 0.0223. The van der Waals surface area contributed by atoms with Crippen molar-refractivity contribution in [1.29, 1.82) is 0 Å². The van der Waals surface area contributed by atoms with Gasteiger partial charge in [0.1, 0.15) is 30.5 Å². The van der Waals surface area contributed by atoms with Gasteiger partial charge in [-0.05, 0) is 65.8 Å². The Morgan fingerprint density at radius 2 is 1.10 bits per heavy atom. The van der Waals surface area contributed by atoms with Crippen molar-refractivity contribution in [1.82, 2.24) is 31.9 Å². The minimum absolute atomic E-state index is 0.0456. The lowest BCUT2D eigenvalue weighted by molar-refractivity contribution is -0.870. The van der Waals surface area contributed by atoms with Crippen molar-refractivity contribution in [2.45, 2.75) is 120 Å². The van der Waals surface area contributed by atoms with Gasteiger partial charge in [-0.1, -0.05) is 0 Å². The first kappa shape index (κ1) is 48.0. The van der Waals surface area contributed by atoms with Crippen LogP contribution in [0.25, 0.3) is 0 Å². The van der Waals surface area contributed by atoms with Crippen molar-refractivity contribution in [3.8, 4) is 0 Å². The van der Waals surface area contributed by atoms with E-state index in [-0.39, 0.29) is 25.7 Å². The molecule has 0 aromatic rings. The molecule has 0 rings (SSSR count). The summed E-state index contributed by atoms with van der Waals surface area (Å²) in [6, 6.07) is -8.02. The Balaban J connectivity index is 6.28. The van der Waals surface area contributed by atoms with Crippen LogP contribution in [-0.4, -0.2) is 150 Å². The number of aliphatic hydroxyl groups is 2. The molecule has 21 heteroatoms. The monoisotopic (exact) mass is 749 g/mol. The van der Waals surface area contributed by atoms with Crippen molar-refractivity contribution in [2.24, 2.45) is 17.2 Å². The lowest BCUT2D eigenvalue weighted by Gasteiger charge is -2.28. The van der Waals surface area contributed by atoms with Crippen molar-refractivity contribution in [3.63, 3.8) is 0 Å². The zero-order chi connectivity index (χ0) is 40.3. The van der Waals surface area contributed by atoms with E-state index in [0.29, 0.717) is 36.8 Å². The number of aliphatic hydroxyl groups excluding tert-OH is 2. The van der Waals surface area contributed by atoms with Gasteiger partial charge in [0.2, 0.25) is 29.5 Å². The van der Waals surface area contributed by atoms with Crippen LogP contribution in [0.2, 0.25) is 0 Å². The predicted molar refractivity (Wildman–Crippen MR) is 188 cm³/mol. The van der Waals surface area contributed by atoms with Gasteiger partial charge in [-0.3, -0.25) is 34.1 Å². The maximum absolute atomic E-state index is 13.7. The Morgan fingerprint density at radius 3 is 1.54 bits per heavy atom. The number of carbonyl (C=O) groups is 7. The summed E-state index contributed by atoms with van der Waals surface area (Å²) in [5.41, 5.74) is 19.9. The second-order valence-corrected chi connectivity index (χ2v) is 14.0. The fourth-order valence-corrected chi connectivity index (χ4v) is 4.75. The van der Waals surface area contributed by atoms with E-state index in [0.717, 1.165) is 6.92 Å². The number of nitrogens with two attached hydrogens (primary N) is 3. The number of hydrogen-bond acceptors (Lipinski definition) is 12. The lowest BCUT2D eigenvalue weighted by atomic mass is 10.0. The van der Waals surface area contributed by atoms with Gasteiger partial charge in [0.15, 0.2) is 12.1 Å². The van der Waals surface area contributed by atoms with Gasteiger partial charge in [0, 0.05) is 6.42 Å². The molecule has 8 atom stereocenters. The number of hydrogen-bond donors (Lipinski definition) is 13. The van der Waals surface area contributed by atoms with E-state index in [1.54, 1.807) is 0 Å². The Morgan fingerprint density at radius 1 is 0.654 bits per heavy atom. The molecule has 0 bridgehead atoms. The van der Waals surface area contributed by atoms with E-state index < -0.39 is 96.2 Å². The molecule has 0 aliphatic carbocycles. The van der Waals surface area contributed by atoms with Crippen LogP contribution in [0, 0.1) is 0 Å². The highest BCUT2D eigenvalue weighted by Gasteiger charge is 2.35. The average Bonchev–Trinajstić information content (AvgIpc) is 3.01. The molecule has 300 valence electrons. The number of rotatable bonds is 26. The normalized spacial score (nSPS) is 16.2. The first-order valence-corrected chi connectivity index (χ1v) is 17.2. The van der Waals surface area contributed by atoms with E-state index in [1.807, 2.05) is 21.1 Å². The number of carboxylic acid groups (broad SMARTS) is 1. The van der Waals surface area contributed by atoms with E-state index >= 15 is 0 Å². The summed E-state index contributed by atoms with van der Waals surface area (Å²) in [5, 5.41) is 44.6. The van der Waals surface area contributed by atoms with E-state index in [9.17, 15) is 48.9 Å². The van der Waals surface area contributed by atoms with Gasteiger partial charge >= 0.3 is 5.97 Å². The molecule has 0 aromatic carbocycles. The summed E-state index contributed by atoms with van der Waals surface area (Å²) in [7, 11) is 5.91. The van der Waals surface area contributed by atoms with Gasteiger partial charge in [-0.15, -0.1) is 0 Å². The van der Waals surface area contributed by atoms with Crippen LogP contribution in [0.1, 0.15) is 65.7 Å². The molecule has 6 amide bonds. The van der Waals surface area contributed by atoms with Crippen LogP contribution in [0.15, 0.2) is 0 Å². The second-order valence-electron chi connectivity index (χ2n) is 14.0. The SMILES string of the molecule is C[C@H]([NH3+])C(=O)N[C@@H](CCCNC(N)N)C(=O)N[C@H](C(=O)N[C@@H](CCCC[N+](C)(C)C)C(=O)N[C@@H](CCC(N)=O)C(=O)N[C@H](C(=O)O)[C@@H](C)O)[C@@H](C)O. The molecule has 0 aliphatic rings. The van der Waals surface area contributed by atoms with Gasteiger partial charge in [0.25, 0.3) is 5.91 Å². The molecular formula is C31H63N11O10+2. The second kappa shape index (κ2) is 23.5. The Labute approximate surface area is 304 Å². The van der Waals surface area contributed by atoms with Crippen molar-refractivity contribution < 1.29 is 59.1 Å². The summed E-state index contributed by atoms with van der Waals surface area (Å²) >= 11 is 0. The molecular weight excluding hydrogens is 686 g/mol. The molecule has 0 saturated carbocycles. The molecule has 0 aliphatic heterocycles. The van der Waals surface area contributed by atoms with E-state index in [4.69, 9.17) is 17.2 Å². The van der Waals surface area contributed by atoms with Gasteiger partial charge in [-0.2, -0.15) is 0 Å². The smallest absolute Gasteiger partial charge is 0.328 e.